The van der Waals surface area contributed by atoms with Gasteiger partial charge in [0.1, 0.15) is 17.4 Å². The summed E-state index contributed by atoms with van der Waals surface area (Å²) < 4.78 is 32.2. The second kappa shape index (κ2) is 4.69. The fraction of sp³-hybridized carbons (Fsp3) is 0.417. The van der Waals surface area contributed by atoms with Crippen molar-refractivity contribution >= 4 is 5.97 Å². The molecule has 0 unspecified atom stereocenters. The average molecular weight is 244 g/mol. The van der Waals surface area contributed by atoms with Gasteiger partial charge in [-0.25, -0.2) is 8.78 Å². The lowest BCUT2D eigenvalue weighted by atomic mass is 9.81. The predicted octanol–water partition coefficient (Wildman–Crippen LogP) is 2.73. The molecule has 1 N–H and O–H groups in total. The number of ether oxygens (including phenoxy) is 1. The summed E-state index contributed by atoms with van der Waals surface area (Å²) in [4.78, 5) is 10.7. The van der Waals surface area contributed by atoms with Crippen LogP contribution in [0.5, 0.6) is 5.75 Å². The highest BCUT2D eigenvalue weighted by Gasteiger charge is 2.31. The molecular formula is C12H14F2O3. The SMILES string of the molecule is COc1cc(F)c(C(C)(C)CC(=O)O)c(F)c1. The molecule has 0 radical (unpaired) electrons. The van der Waals surface area contributed by atoms with Crippen molar-refractivity contribution in [2.45, 2.75) is 25.7 Å². The molecule has 5 heteroatoms. The molecule has 0 amide bonds. The van der Waals surface area contributed by atoms with E-state index in [-0.39, 0.29) is 17.7 Å². The van der Waals surface area contributed by atoms with E-state index in [0.717, 1.165) is 12.1 Å². The average Bonchev–Trinajstić information content (AvgIpc) is 2.13. The molecule has 0 aliphatic carbocycles. The van der Waals surface area contributed by atoms with Gasteiger partial charge >= 0.3 is 5.97 Å². The van der Waals surface area contributed by atoms with Gasteiger partial charge < -0.3 is 9.84 Å². The number of carboxylic acids is 1. The minimum absolute atomic E-state index is 0.0647. The first-order valence-electron chi connectivity index (χ1n) is 5.03. The number of halogens is 2. The van der Waals surface area contributed by atoms with Gasteiger partial charge in [0.2, 0.25) is 0 Å². The van der Waals surface area contributed by atoms with Crippen LogP contribution in [0.15, 0.2) is 12.1 Å². The molecule has 0 saturated heterocycles. The molecule has 0 bridgehead atoms. The number of hydrogen-bond donors (Lipinski definition) is 1. The highest BCUT2D eigenvalue weighted by molar-refractivity contribution is 5.69. The molecule has 1 aromatic rings. The predicted molar refractivity (Wildman–Crippen MR) is 58.2 cm³/mol. The van der Waals surface area contributed by atoms with Crippen LogP contribution in [-0.2, 0) is 10.2 Å². The Morgan fingerprint density at radius 2 is 1.82 bits per heavy atom. The second-order valence-electron chi connectivity index (χ2n) is 4.42. The number of carbonyl (C=O) groups is 1. The molecule has 0 fully saturated rings. The summed E-state index contributed by atoms with van der Waals surface area (Å²) in [6.07, 6.45) is -0.354. The van der Waals surface area contributed by atoms with Crippen LogP contribution in [0.3, 0.4) is 0 Å². The van der Waals surface area contributed by atoms with Gasteiger partial charge in [0.05, 0.1) is 13.5 Å². The van der Waals surface area contributed by atoms with Crippen LogP contribution in [0, 0.1) is 11.6 Å². The highest BCUT2D eigenvalue weighted by atomic mass is 19.1. The van der Waals surface area contributed by atoms with E-state index in [0.29, 0.717) is 0 Å². The fourth-order valence-electron chi connectivity index (χ4n) is 1.78. The van der Waals surface area contributed by atoms with Crippen molar-refractivity contribution < 1.29 is 23.4 Å². The summed E-state index contributed by atoms with van der Waals surface area (Å²) in [6, 6.07) is 2.09. The van der Waals surface area contributed by atoms with Gasteiger partial charge in [-0.15, -0.1) is 0 Å². The highest BCUT2D eigenvalue weighted by Crippen LogP contribution is 2.33. The third-order valence-corrected chi connectivity index (χ3v) is 2.52. The van der Waals surface area contributed by atoms with Crippen molar-refractivity contribution in [3.8, 4) is 5.75 Å². The molecular weight excluding hydrogens is 230 g/mol. The van der Waals surface area contributed by atoms with Gasteiger partial charge in [0.15, 0.2) is 0 Å². The standard InChI is InChI=1S/C12H14F2O3/c1-12(2,6-10(15)16)11-8(13)4-7(17-3)5-9(11)14/h4-5H,6H2,1-3H3,(H,15,16). The van der Waals surface area contributed by atoms with Crippen molar-refractivity contribution in [2.75, 3.05) is 7.11 Å². The smallest absolute Gasteiger partial charge is 0.304 e. The Labute approximate surface area is 98.0 Å². The summed E-state index contributed by atoms with van der Waals surface area (Å²) in [5.41, 5.74) is -1.35. The van der Waals surface area contributed by atoms with Gasteiger partial charge in [-0.3, -0.25) is 4.79 Å². The molecule has 0 atom stereocenters. The lowest BCUT2D eigenvalue weighted by Gasteiger charge is -2.24. The number of carboxylic acid groups (broad SMARTS) is 1. The van der Waals surface area contributed by atoms with E-state index in [4.69, 9.17) is 9.84 Å². The zero-order valence-corrected chi connectivity index (χ0v) is 9.88. The number of hydrogen-bond acceptors (Lipinski definition) is 2. The minimum Gasteiger partial charge on any atom is -0.497 e. The van der Waals surface area contributed by atoms with Crippen LogP contribution < -0.4 is 4.74 Å². The van der Waals surface area contributed by atoms with Crippen LogP contribution in [0.25, 0.3) is 0 Å². The van der Waals surface area contributed by atoms with E-state index < -0.39 is 23.0 Å². The van der Waals surface area contributed by atoms with Crippen molar-refractivity contribution in [1.29, 1.82) is 0 Å². The van der Waals surface area contributed by atoms with Gasteiger partial charge in [-0.05, 0) is 0 Å². The zero-order chi connectivity index (χ0) is 13.2. The Bertz CT molecular complexity index is 418. The van der Waals surface area contributed by atoms with Gasteiger partial charge in [-0.2, -0.15) is 0 Å². The molecule has 1 rings (SSSR count). The molecule has 0 aliphatic heterocycles. The first kappa shape index (κ1) is 13.4. The number of aliphatic carboxylic acids is 1. The van der Waals surface area contributed by atoms with Crippen LogP contribution in [0.2, 0.25) is 0 Å². The summed E-state index contributed by atoms with van der Waals surface area (Å²) in [6.45, 7) is 2.96. The van der Waals surface area contributed by atoms with E-state index in [1.807, 2.05) is 0 Å². The maximum Gasteiger partial charge on any atom is 0.304 e. The molecule has 17 heavy (non-hydrogen) atoms. The van der Waals surface area contributed by atoms with Crippen molar-refractivity contribution in [3.05, 3.63) is 29.3 Å². The zero-order valence-electron chi connectivity index (χ0n) is 9.88. The quantitative estimate of drug-likeness (QED) is 0.885. The van der Waals surface area contributed by atoms with Crippen LogP contribution in [-0.4, -0.2) is 18.2 Å². The fourth-order valence-corrected chi connectivity index (χ4v) is 1.78. The lowest BCUT2D eigenvalue weighted by molar-refractivity contribution is -0.138. The maximum absolute atomic E-state index is 13.7. The van der Waals surface area contributed by atoms with Gasteiger partial charge in [0.25, 0.3) is 0 Å². The molecule has 3 nitrogen and oxygen atoms in total. The second-order valence-corrected chi connectivity index (χ2v) is 4.42. The molecule has 0 aliphatic rings. The topological polar surface area (TPSA) is 46.5 Å². The first-order valence-corrected chi connectivity index (χ1v) is 5.03. The largest absolute Gasteiger partial charge is 0.497 e. The molecule has 94 valence electrons. The number of methoxy groups -OCH3 is 1. The molecule has 0 saturated carbocycles. The minimum atomic E-state index is -1.12. The Hall–Kier alpha value is -1.65. The molecule has 0 heterocycles. The Kier molecular flexibility index (Phi) is 3.70. The summed E-state index contributed by atoms with van der Waals surface area (Å²) in [7, 11) is 1.30. The van der Waals surface area contributed by atoms with Gasteiger partial charge in [-0.1, -0.05) is 13.8 Å². The first-order chi connectivity index (χ1) is 7.77. The van der Waals surface area contributed by atoms with E-state index in [1.54, 1.807) is 0 Å². The van der Waals surface area contributed by atoms with Crippen molar-refractivity contribution in [3.63, 3.8) is 0 Å². The monoisotopic (exact) mass is 244 g/mol. The number of rotatable bonds is 4. The van der Waals surface area contributed by atoms with Crippen LogP contribution in [0.4, 0.5) is 8.78 Å². The lowest BCUT2D eigenvalue weighted by Crippen LogP contribution is -2.24. The molecule has 0 aromatic heterocycles. The third kappa shape index (κ3) is 2.93. The molecule has 1 aromatic carbocycles. The normalized spacial score (nSPS) is 11.4. The van der Waals surface area contributed by atoms with Gasteiger partial charge in [0, 0.05) is 23.1 Å². The summed E-state index contributed by atoms with van der Waals surface area (Å²) in [5, 5.41) is 8.72. The maximum atomic E-state index is 13.7. The number of benzene rings is 1. The van der Waals surface area contributed by atoms with Crippen molar-refractivity contribution in [1.82, 2.24) is 0 Å². The van der Waals surface area contributed by atoms with Crippen LogP contribution in [0.1, 0.15) is 25.8 Å². The van der Waals surface area contributed by atoms with Crippen LogP contribution >= 0.6 is 0 Å². The Morgan fingerprint density at radius 1 is 1.35 bits per heavy atom. The van der Waals surface area contributed by atoms with E-state index in [2.05, 4.69) is 0 Å². The third-order valence-electron chi connectivity index (χ3n) is 2.52. The Morgan fingerprint density at radius 3 is 2.18 bits per heavy atom. The summed E-state index contributed by atoms with van der Waals surface area (Å²) >= 11 is 0. The van der Waals surface area contributed by atoms with Crippen molar-refractivity contribution in [2.24, 2.45) is 0 Å². The van der Waals surface area contributed by atoms with E-state index >= 15 is 0 Å². The Balaban J connectivity index is 3.26. The molecule has 0 spiro atoms. The van der Waals surface area contributed by atoms with E-state index in [9.17, 15) is 13.6 Å². The summed E-state index contributed by atoms with van der Waals surface area (Å²) in [5.74, 6) is -2.64. The van der Waals surface area contributed by atoms with E-state index in [1.165, 1.54) is 21.0 Å².